The van der Waals surface area contributed by atoms with Gasteiger partial charge in [-0.2, -0.15) is 0 Å². The third kappa shape index (κ3) is 3.03. The fourth-order valence-corrected chi connectivity index (χ4v) is 1.20. The van der Waals surface area contributed by atoms with Crippen LogP contribution < -0.4 is 5.32 Å². The molecule has 0 fully saturated rings. The van der Waals surface area contributed by atoms with Gasteiger partial charge in [0, 0.05) is 6.07 Å². The zero-order valence-corrected chi connectivity index (χ0v) is 9.28. The largest absolute Gasteiger partial charge is 0.312 e. The van der Waals surface area contributed by atoms with Crippen LogP contribution in [0.5, 0.6) is 0 Å². The third-order valence-corrected chi connectivity index (χ3v) is 2.10. The highest BCUT2D eigenvalue weighted by molar-refractivity contribution is 9.10. The number of hydrogen-bond donors (Lipinski definition) is 1. The molecule has 0 saturated carbocycles. The number of halogens is 3. The average molecular weight is 274 g/mol. The molecule has 1 aromatic carbocycles. The van der Waals surface area contributed by atoms with Gasteiger partial charge in [0.25, 0.3) is 5.91 Å². The summed E-state index contributed by atoms with van der Waals surface area (Å²) in [5.74, 6) is 2.43. The molecule has 1 rings (SSSR count). The fraction of sp³-hybridized carbons (Fsp3) is 0.100. The Kier molecular flexibility index (Phi) is 3.81. The maximum Gasteiger partial charge on any atom is 0.300 e. The molecule has 0 heterocycles. The molecule has 1 amide bonds. The van der Waals surface area contributed by atoms with Gasteiger partial charge in [-0.05, 0) is 34.8 Å². The Morgan fingerprint density at radius 3 is 2.67 bits per heavy atom. The van der Waals surface area contributed by atoms with Gasteiger partial charge in [0.15, 0.2) is 0 Å². The second kappa shape index (κ2) is 4.89. The molecule has 0 aliphatic heterocycles. The number of anilines is 1. The molecule has 78 valence electrons. The fourth-order valence-electron chi connectivity index (χ4n) is 0.885. The van der Waals surface area contributed by atoms with Crippen LogP contribution in [-0.4, -0.2) is 5.91 Å². The predicted octanol–water partition coefficient (Wildman–Crippen LogP) is 2.69. The minimum atomic E-state index is -0.727. The van der Waals surface area contributed by atoms with E-state index in [1.807, 2.05) is 0 Å². The van der Waals surface area contributed by atoms with Crippen molar-refractivity contribution in [2.75, 3.05) is 5.32 Å². The minimum Gasteiger partial charge on any atom is -0.312 e. The number of carbonyl (C=O) groups is 1. The maximum absolute atomic E-state index is 13.2. The first-order valence-electron chi connectivity index (χ1n) is 3.93. The Balaban J connectivity index is 2.99. The number of hydrogen-bond acceptors (Lipinski definition) is 1. The Labute approximate surface area is 93.8 Å². The molecular weight excluding hydrogens is 268 g/mol. The first-order valence-corrected chi connectivity index (χ1v) is 4.72. The number of amides is 1. The predicted molar refractivity (Wildman–Crippen MR) is 56.1 cm³/mol. The highest BCUT2D eigenvalue weighted by Crippen LogP contribution is 2.23. The molecule has 1 N–H and O–H groups in total. The second-order valence-corrected chi connectivity index (χ2v) is 3.43. The molecule has 0 saturated heterocycles. The minimum absolute atomic E-state index is 0.000394. The Morgan fingerprint density at radius 1 is 1.40 bits per heavy atom. The van der Waals surface area contributed by atoms with Crippen molar-refractivity contribution in [1.29, 1.82) is 0 Å². The molecule has 0 radical (unpaired) electrons. The van der Waals surface area contributed by atoms with Crippen LogP contribution in [0.3, 0.4) is 0 Å². The van der Waals surface area contributed by atoms with Crippen LogP contribution in [0.25, 0.3) is 0 Å². The summed E-state index contributed by atoms with van der Waals surface area (Å²) in [6.45, 7) is 1.47. The summed E-state index contributed by atoms with van der Waals surface area (Å²) >= 11 is 2.82. The molecule has 0 aromatic heterocycles. The van der Waals surface area contributed by atoms with Crippen molar-refractivity contribution in [2.24, 2.45) is 0 Å². The van der Waals surface area contributed by atoms with Crippen molar-refractivity contribution < 1.29 is 13.6 Å². The lowest BCUT2D eigenvalue weighted by molar-refractivity contribution is -0.111. The van der Waals surface area contributed by atoms with Gasteiger partial charge < -0.3 is 5.32 Å². The van der Waals surface area contributed by atoms with E-state index in [0.29, 0.717) is 0 Å². The second-order valence-electron chi connectivity index (χ2n) is 2.58. The Bertz CT molecular complexity index is 462. The lowest BCUT2D eigenvalue weighted by atomic mass is 10.3. The molecule has 15 heavy (non-hydrogen) atoms. The molecule has 0 atom stereocenters. The first kappa shape index (κ1) is 11.7. The van der Waals surface area contributed by atoms with E-state index in [2.05, 4.69) is 33.1 Å². The van der Waals surface area contributed by atoms with Crippen LogP contribution in [0.1, 0.15) is 6.92 Å². The number of nitrogens with one attached hydrogen (secondary N) is 1. The van der Waals surface area contributed by atoms with Crippen molar-refractivity contribution in [3.63, 3.8) is 0 Å². The smallest absolute Gasteiger partial charge is 0.300 e. The van der Waals surface area contributed by atoms with Crippen molar-refractivity contribution in [1.82, 2.24) is 0 Å². The number of benzene rings is 1. The summed E-state index contributed by atoms with van der Waals surface area (Å²) in [7, 11) is 0. The lowest BCUT2D eigenvalue weighted by Gasteiger charge is -2.03. The Hall–Kier alpha value is -1.41. The monoisotopic (exact) mass is 273 g/mol. The highest BCUT2D eigenvalue weighted by Gasteiger charge is 2.09. The van der Waals surface area contributed by atoms with E-state index in [-0.39, 0.29) is 10.2 Å². The highest BCUT2D eigenvalue weighted by atomic mass is 79.9. The van der Waals surface area contributed by atoms with Crippen LogP contribution in [0.15, 0.2) is 16.6 Å². The van der Waals surface area contributed by atoms with Gasteiger partial charge in [0.1, 0.15) is 11.6 Å². The SMILES string of the molecule is CC#CC(=O)Nc1cc(F)c(Br)cc1F. The van der Waals surface area contributed by atoms with Gasteiger partial charge >= 0.3 is 0 Å². The van der Waals surface area contributed by atoms with Crippen LogP contribution in [0.4, 0.5) is 14.5 Å². The molecule has 0 unspecified atom stereocenters. The molecule has 0 aliphatic rings. The van der Waals surface area contributed by atoms with E-state index in [1.165, 1.54) is 6.92 Å². The van der Waals surface area contributed by atoms with E-state index in [9.17, 15) is 13.6 Å². The zero-order chi connectivity index (χ0) is 11.4. The quantitative estimate of drug-likeness (QED) is 0.619. The summed E-state index contributed by atoms with van der Waals surface area (Å²) in [6.07, 6.45) is 0. The van der Waals surface area contributed by atoms with Crippen molar-refractivity contribution in [3.8, 4) is 11.8 Å². The summed E-state index contributed by atoms with van der Waals surface area (Å²) in [6, 6.07) is 1.82. The standard InChI is InChI=1S/C10H6BrF2NO/c1-2-3-10(15)14-9-5-7(12)6(11)4-8(9)13/h4-5H,1H3,(H,14,15). The van der Waals surface area contributed by atoms with Crippen molar-refractivity contribution >= 4 is 27.5 Å². The zero-order valence-electron chi connectivity index (χ0n) is 7.70. The van der Waals surface area contributed by atoms with Gasteiger partial charge in [0.05, 0.1) is 10.2 Å². The van der Waals surface area contributed by atoms with Gasteiger partial charge in [0.2, 0.25) is 0 Å². The van der Waals surface area contributed by atoms with Gasteiger partial charge in [-0.1, -0.05) is 5.92 Å². The van der Waals surface area contributed by atoms with E-state index in [4.69, 9.17) is 0 Å². The summed E-state index contributed by atoms with van der Waals surface area (Å²) in [4.78, 5) is 11.0. The first-order chi connectivity index (χ1) is 7.04. The molecule has 5 heteroatoms. The summed E-state index contributed by atoms with van der Waals surface area (Å²) < 4.78 is 26.2. The van der Waals surface area contributed by atoms with Crippen LogP contribution in [-0.2, 0) is 4.79 Å². The van der Waals surface area contributed by atoms with Crippen LogP contribution >= 0.6 is 15.9 Å². The summed E-state index contributed by atoms with van der Waals surface area (Å²) in [5, 5.41) is 2.13. The lowest BCUT2D eigenvalue weighted by Crippen LogP contribution is -2.10. The molecule has 0 aliphatic carbocycles. The molecule has 0 spiro atoms. The Morgan fingerprint density at radius 2 is 2.07 bits per heavy atom. The molecule has 1 aromatic rings. The molecular formula is C10H6BrF2NO. The number of rotatable bonds is 1. The van der Waals surface area contributed by atoms with E-state index >= 15 is 0 Å². The number of carbonyl (C=O) groups excluding carboxylic acids is 1. The summed E-state index contributed by atoms with van der Waals surface area (Å²) in [5.41, 5.74) is -0.233. The maximum atomic E-state index is 13.2. The van der Waals surface area contributed by atoms with E-state index in [1.54, 1.807) is 0 Å². The normalized spacial score (nSPS) is 9.07. The van der Waals surface area contributed by atoms with Crippen molar-refractivity contribution in [3.05, 3.63) is 28.2 Å². The third-order valence-electron chi connectivity index (χ3n) is 1.50. The van der Waals surface area contributed by atoms with Gasteiger partial charge in [-0.3, -0.25) is 4.79 Å². The van der Waals surface area contributed by atoms with Crippen LogP contribution in [0.2, 0.25) is 0 Å². The van der Waals surface area contributed by atoms with Gasteiger partial charge in [-0.15, -0.1) is 0 Å². The van der Waals surface area contributed by atoms with Gasteiger partial charge in [-0.25, -0.2) is 8.78 Å². The average Bonchev–Trinajstić information content (AvgIpc) is 2.14. The van der Waals surface area contributed by atoms with E-state index < -0.39 is 17.5 Å². The van der Waals surface area contributed by atoms with Crippen LogP contribution in [0, 0.1) is 23.5 Å². The topological polar surface area (TPSA) is 29.1 Å². The molecule has 2 nitrogen and oxygen atoms in total. The van der Waals surface area contributed by atoms with Crippen molar-refractivity contribution in [2.45, 2.75) is 6.92 Å². The molecule has 0 bridgehead atoms. The van der Waals surface area contributed by atoms with E-state index in [0.717, 1.165) is 12.1 Å².